The van der Waals surface area contributed by atoms with Crippen LogP contribution >= 0.6 is 11.6 Å². The summed E-state index contributed by atoms with van der Waals surface area (Å²) >= 11 is 6.09. The van der Waals surface area contributed by atoms with Gasteiger partial charge in [0.2, 0.25) is 0 Å². The molecule has 1 amide bonds. The molecule has 2 aromatic rings. The van der Waals surface area contributed by atoms with Gasteiger partial charge in [-0.15, -0.1) is 0 Å². The second kappa shape index (κ2) is 5.50. The number of hydrogen-bond acceptors (Lipinski definition) is 5. The zero-order valence-corrected chi connectivity index (χ0v) is 13.3. The second-order valence-corrected chi connectivity index (χ2v) is 7.81. The molecule has 122 valence electrons. The fraction of sp³-hybridized carbons (Fsp3) is 0.308. The third-order valence-corrected chi connectivity index (χ3v) is 5.63. The van der Waals surface area contributed by atoms with E-state index in [1.165, 1.54) is 10.7 Å². The number of pyridine rings is 1. The van der Waals surface area contributed by atoms with Crippen molar-refractivity contribution in [3.8, 4) is 0 Å². The molecule has 1 atom stereocenters. The Morgan fingerprint density at radius 1 is 1.39 bits per heavy atom. The maximum absolute atomic E-state index is 12.7. The lowest BCUT2D eigenvalue weighted by Crippen LogP contribution is -2.54. The molecule has 10 heteroatoms. The number of halogens is 1. The Kier molecular flexibility index (Phi) is 3.77. The van der Waals surface area contributed by atoms with Gasteiger partial charge in [-0.2, -0.15) is 5.10 Å². The first-order chi connectivity index (χ1) is 10.8. The molecule has 3 rings (SSSR count). The number of rotatable bonds is 2. The van der Waals surface area contributed by atoms with Crippen LogP contribution in [0.2, 0.25) is 5.02 Å². The van der Waals surface area contributed by atoms with Crippen LogP contribution in [0.4, 0.5) is 0 Å². The van der Waals surface area contributed by atoms with Crippen molar-refractivity contribution in [1.29, 1.82) is 0 Å². The standard InChI is InChI=1S/C13H12ClN3O5S/c14-9-2-1-3-17-11(9)8(6-15-17)12(18)16-4-5-23(21,22)7-10(16)13(19)20/h1-3,6,10H,4-5,7H2,(H,19,20). The predicted molar refractivity (Wildman–Crippen MR) is 81.3 cm³/mol. The number of carboxylic acids is 1. The van der Waals surface area contributed by atoms with Crippen LogP contribution in [-0.2, 0) is 14.6 Å². The number of amides is 1. The molecule has 1 saturated heterocycles. The van der Waals surface area contributed by atoms with Crippen LogP contribution in [0.5, 0.6) is 0 Å². The van der Waals surface area contributed by atoms with Gasteiger partial charge in [-0.25, -0.2) is 17.7 Å². The molecule has 1 aliphatic heterocycles. The number of hydrogen-bond donors (Lipinski definition) is 1. The Labute approximate surface area is 136 Å². The molecule has 8 nitrogen and oxygen atoms in total. The van der Waals surface area contributed by atoms with E-state index in [1.54, 1.807) is 18.3 Å². The molecule has 3 heterocycles. The largest absolute Gasteiger partial charge is 0.480 e. The first-order valence-electron chi connectivity index (χ1n) is 6.66. The Morgan fingerprint density at radius 2 is 2.13 bits per heavy atom. The number of nitrogens with zero attached hydrogens (tertiary/aromatic N) is 3. The number of fused-ring (bicyclic) bond motifs is 1. The van der Waals surface area contributed by atoms with Gasteiger partial charge in [-0.3, -0.25) is 4.79 Å². The topological polar surface area (TPSA) is 109 Å². The minimum absolute atomic E-state index is 0.140. The summed E-state index contributed by atoms with van der Waals surface area (Å²) < 4.78 is 24.7. The van der Waals surface area contributed by atoms with Gasteiger partial charge in [-0.05, 0) is 12.1 Å². The highest BCUT2D eigenvalue weighted by Gasteiger charge is 2.39. The quantitative estimate of drug-likeness (QED) is 0.828. The van der Waals surface area contributed by atoms with Crippen molar-refractivity contribution in [2.45, 2.75) is 6.04 Å². The van der Waals surface area contributed by atoms with Gasteiger partial charge < -0.3 is 10.0 Å². The molecule has 0 radical (unpaired) electrons. The van der Waals surface area contributed by atoms with Crippen LogP contribution in [-0.4, -0.2) is 64.0 Å². The average molecular weight is 358 g/mol. The van der Waals surface area contributed by atoms with Crippen molar-refractivity contribution >= 4 is 38.8 Å². The van der Waals surface area contributed by atoms with E-state index in [1.807, 2.05) is 0 Å². The fourth-order valence-corrected chi connectivity index (χ4v) is 4.27. The molecule has 2 aromatic heterocycles. The summed E-state index contributed by atoms with van der Waals surface area (Å²) in [7, 11) is -3.48. The van der Waals surface area contributed by atoms with Gasteiger partial charge in [0.15, 0.2) is 9.84 Å². The summed E-state index contributed by atoms with van der Waals surface area (Å²) in [6, 6.07) is 1.83. The number of sulfone groups is 1. The number of aliphatic carboxylic acids is 1. The molecule has 0 aromatic carbocycles. The molecule has 0 spiro atoms. The molecule has 1 unspecified atom stereocenters. The van der Waals surface area contributed by atoms with Crippen LogP contribution in [0, 0.1) is 0 Å². The van der Waals surface area contributed by atoms with E-state index in [9.17, 15) is 23.1 Å². The third-order valence-electron chi connectivity index (χ3n) is 3.70. The minimum Gasteiger partial charge on any atom is -0.480 e. The van der Waals surface area contributed by atoms with Crippen LogP contribution in [0.25, 0.3) is 5.52 Å². The van der Waals surface area contributed by atoms with Crippen LogP contribution in [0.15, 0.2) is 24.5 Å². The SMILES string of the molecule is O=C(O)C1CS(=O)(=O)CCN1C(=O)c1cnn2cccc(Cl)c12. The van der Waals surface area contributed by atoms with E-state index in [-0.39, 0.29) is 17.9 Å². The fourth-order valence-electron chi connectivity index (χ4n) is 2.57. The lowest BCUT2D eigenvalue weighted by molar-refractivity contribution is -0.141. The summed E-state index contributed by atoms with van der Waals surface area (Å²) in [6.45, 7) is -0.181. The van der Waals surface area contributed by atoms with E-state index < -0.39 is 33.5 Å². The molecule has 0 saturated carbocycles. The van der Waals surface area contributed by atoms with E-state index in [4.69, 9.17) is 11.6 Å². The number of carbonyl (C=O) groups excluding carboxylic acids is 1. The highest BCUT2D eigenvalue weighted by Crippen LogP contribution is 2.24. The van der Waals surface area contributed by atoms with Crippen molar-refractivity contribution in [2.75, 3.05) is 18.1 Å². The smallest absolute Gasteiger partial charge is 0.327 e. The first-order valence-corrected chi connectivity index (χ1v) is 8.86. The summed E-state index contributed by atoms with van der Waals surface area (Å²) in [4.78, 5) is 25.1. The zero-order chi connectivity index (χ0) is 16.8. The molecular weight excluding hydrogens is 346 g/mol. The number of aromatic nitrogens is 2. The third kappa shape index (κ3) is 2.77. The van der Waals surface area contributed by atoms with Gasteiger partial charge in [0.05, 0.1) is 33.8 Å². The summed E-state index contributed by atoms with van der Waals surface area (Å²) in [5.41, 5.74) is 0.498. The van der Waals surface area contributed by atoms with Crippen LogP contribution in [0.1, 0.15) is 10.4 Å². The van der Waals surface area contributed by atoms with Crippen molar-refractivity contribution < 1.29 is 23.1 Å². The maximum atomic E-state index is 12.7. The monoisotopic (exact) mass is 357 g/mol. The average Bonchev–Trinajstić information content (AvgIpc) is 2.91. The Bertz CT molecular complexity index is 907. The number of carboxylic acid groups (broad SMARTS) is 1. The molecule has 1 fully saturated rings. The van der Waals surface area contributed by atoms with E-state index in [0.29, 0.717) is 10.5 Å². The van der Waals surface area contributed by atoms with Crippen molar-refractivity contribution in [3.05, 3.63) is 35.1 Å². The van der Waals surface area contributed by atoms with Gasteiger partial charge >= 0.3 is 5.97 Å². The van der Waals surface area contributed by atoms with Crippen LogP contribution in [0.3, 0.4) is 0 Å². The summed E-state index contributed by atoms with van der Waals surface area (Å²) in [5.74, 6) is -2.82. The Morgan fingerprint density at radius 3 is 2.83 bits per heavy atom. The summed E-state index contributed by atoms with van der Waals surface area (Å²) in [6.07, 6.45) is 2.90. The molecule has 1 aliphatic rings. The second-order valence-electron chi connectivity index (χ2n) is 5.17. The molecule has 0 aliphatic carbocycles. The summed E-state index contributed by atoms with van der Waals surface area (Å²) in [5, 5.41) is 13.6. The van der Waals surface area contributed by atoms with E-state index in [2.05, 4.69) is 5.10 Å². The Balaban J connectivity index is 2.03. The van der Waals surface area contributed by atoms with Gasteiger partial charge in [0.25, 0.3) is 5.91 Å². The molecular formula is C13H12ClN3O5S. The van der Waals surface area contributed by atoms with Gasteiger partial charge in [-0.1, -0.05) is 11.6 Å². The molecule has 0 bridgehead atoms. The Hall–Kier alpha value is -2.13. The maximum Gasteiger partial charge on any atom is 0.327 e. The van der Waals surface area contributed by atoms with Crippen molar-refractivity contribution in [1.82, 2.24) is 14.5 Å². The van der Waals surface area contributed by atoms with Crippen LogP contribution < -0.4 is 0 Å². The molecule has 23 heavy (non-hydrogen) atoms. The van der Waals surface area contributed by atoms with Gasteiger partial charge in [0, 0.05) is 12.7 Å². The minimum atomic E-state index is -3.48. The predicted octanol–water partition coefficient (Wildman–Crippen LogP) is 0.312. The lowest BCUT2D eigenvalue weighted by Gasteiger charge is -2.32. The van der Waals surface area contributed by atoms with Crippen molar-refractivity contribution in [2.24, 2.45) is 0 Å². The van der Waals surface area contributed by atoms with E-state index in [0.717, 1.165) is 4.90 Å². The van der Waals surface area contributed by atoms with Gasteiger partial charge in [0.1, 0.15) is 6.04 Å². The normalized spacial score (nSPS) is 20.6. The number of carbonyl (C=O) groups is 2. The highest BCUT2D eigenvalue weighted by molar-refractivity contribution is 7.91. The lowest BCUT2D eigenvalue weighted by atomic mass is 10.2. The van der Waals surface area contributed by atoms with Crippen molar-refractivity contribution in [3.63, 3.8) is 0 Å². The van der Waals surface area contributed by atoms with E-state index >= 15 is 0 Å². The highest BCUT2D eigenvalue weighted by atomic mass is 35.5. The first kappa shape index (κ1) is 15.8. The molecule has 1 N–H and O–H groups in total. The zero-order valence-electron chi connectivity index (χ0n) is 11.7.